The number of likely N-dealkylation sites (tertiary alicyclic amines) is 1. The third-order valence-electron chi connectivity index (χ3n) is 2.10. The highest BCUT2D eigenvalue weighted by Gasteiger charge is 2.28. The molecule has 0 aromatic rings. The lowest BCUT2D eigenvalue weighted by Gasteiger charge is -2.25. The Kier molecular flexibility index (Phi) is 1.97. The van der Waals surface area contributed by atoms with E-state index in [1.54, 1.807) is 0 Å². The molecule has 0 aromatic heterocycles. The van der Waals surface area contributed by atoms with Gasteiger partial charge < -0.3 is 4.90 Å². The minimum absolute atomic E-state index is 0.322. The van der Waals surface area contributed by atoms with Crippen LogP contribution in [-0.2, 0) is 4.79 Å². The molecule has 2 heteroatoms. The van der Waals surface area contributed by atoms with Crippen molar-refractivity contribution in [1.82, 2.24) is 4.90 Å². The maximum atomic E-state index is 11.2. The van der Waals surface area contributed by atoms with Crippen molar-refractivity contribution in [3.8, 4) is 0 Å². The van der Waals surface area contributed by atoms with Gasteiger partial charge in [0.05, 0.1) is 0 Å². The quantitative estimate of drug-likeness (QED) is 0.540. The first kappa shape index (κ1) is 7.58. The van der Waals surface area contributed by atoms with Crippen LogP contribution >= 0.6 is 0 Å². The summed E-state index contributed by atoms with van der Waals surface area (Å²) in [5.41, 5.74) is 0. The van der Waals surface area contributed by atoms with Crippen molar-refractivity contribution in [2.24, 2.45) is 0 Å². The predicted octanol–water partition coefficient (Wildman–Crippen LogP) is 1.41. The van der Waals surface area contributed by atoms with Gasteiger partial charge in [-0.3, -0.25) is 4.79 Å². The number of hydrogen-bond donors (Lipinski definition) is 0. The number of amides is 1. The van der Waals surface area contributed by atoms with Crippen LogP contribution < -0.4 is 0 Å². The zero-order chi connectivity index (χ0) is 7.72. The van der Waals surface area contributed by atoms with Gasteiger partial charge in [-0.05, 0) is 27.2 Å². The zero-order valence-corrected chi connectivity index (χ0v) is 6.92. The molecular weight excluding hydrogens is 126 g/mol. The topological polar surface area (TPSA) is 20.3 Å². The average Bonchev–Trinajstić information content (AvgIpc) is 2.11. The highest BCUT2D eigenvalue weighted by molar-refractivity contribution is 5.78. The van der Waals surface area contributed by atoms with Gasteiger partial charge in [-0.1, -0.05) is 0 Å². The number of carbonyl (C=O) groups is 1. The summed E-state index contributed by atoms with van der Waals surface area (Å²) in [5.74, 6) is 0.322. The molecule has 0 aromatic carbocycles. The summed E-state index contributed by atoms with van der Waals surface area (Å²) < 4.78 is 0. The van der Waals surface area contributed by atoms with Crippen molar-refractivity contribution in [1.29, 1.82) is 0 Å². The fourth-order valence-electron chi connectivity index (χ4n) is 1.64. The molecule has 1 saturated heterocycles. The van der Waals surface area contributed by atoms with Crippen LogP contribution in [0.2, 0.25) is 0 Å². The summed E-state index contributed by atoms with van der Waals surface area (Å²) in [5, 5.41) is 0. The Morgan fingerprint density at radius 2 is 2.20 bits per heavy atom. The molecule has 0 bridgehead atoms. The van der Waals surface area contributed by atoms with E-state index in [-0.39, 0.29) is 0 Å². The van der Waals surface area contributed by atoms with Crippen LogP contribution in [0.3, 0.4) is 0 Å². The second-order valence-corrected chi connectivity index (χ2v) is 3.28. The molecule has 10 heavy (non-hydrogen) atoms. The van der Waals surface area contributed by atoms with Gasteiger partial charge in [0.25, 0.3) is 0 Å². The van der Waals surface area contributed by atoms with Crippen LogP contribution in [0.15, 0.2) is 0 Å². The van der Waals surface area contributed by atoms with Gasteiger partial charge in [0, 0.05) is 18.5 Å². The number of hydrogen-bond acceptors (Lipinski definition) is 1. The Bertz CT molecular complexity index is 142. The van der Waals surface area contributed by atoms with Gasteiger partial charge in [0.2, 0.25) is 5.91 Å². The monoisotopic (exact) mass is 141 g/mol. The van der Waals surface area contributed by atoms with Crippen LogP contribution in [0.5, 0.6) is 0 Å². The standard InChI is InChI=1S/C8H15NO/c1-6(2)9-7(3)4-5-8(9)10/h6-7H,4-5H2,1-3H3. The number of carbonyl (C=O) groups excluding carboxylic acids is 1. The van der Waals surface area contributed by atoms with E-state index in [9.17, 15) is 4.79 Å². The molecule has 1 unspecified atom stereocenters. The van der Waals surface area contributed by atoms with Crippen LogP contribution in [0.25, 0.3) is 0 Å². The van der Waals surface area contributed by atoms with E-state index in [2.05, 4.69) is 20.8 Å². The SMILES string of the molecule is CC(C)N1C(=O)CCC1C. The molecular formula is C8H15NO. The lowest BCUT2D eigenvalue weighted by Crippen LogP contribution is -2.36. The molecule has 1 heterocycles. The molecule has 1 atom stereocenters. The van der Waals surface area contributed by atoms with Gasteiger partial charge in [0.15, 0.2) is 0 Å². The first-order valence-electron chi connectivity index (χ1n) is 3.94. The van der Waals surface area contributed by atoms with E-state index in [1.807, 2.05) is 4.90 Å². The second-order valence-electron chi connectivity index (χ2n) is 3.28. The Hall–Kier alpha value is -0.530. The van der Waals surface area contributed by atoms with Crippen LogP contribution in [0.1, 0.15) is 33.6 Å². The van der Waals surface area contributed by atoms with Crippen molar-refractivity contribution in [3.05, 3.63) is 0 Å². The van der Waals surface area contributed by atoms with E-state index in [4.69, 9.17) is 0 Å². The molecule has 58 valence electrons. The Morgan fingerprint density at radius 1 is 1.60 bits per heavy atom. The van der Waals surface area contributed by atoms with E-state index < -0.39 is 0 Å². The fraction of sp³-hybridized carbons (Fsp3) is 0.875. The number of nitrogens with zero attached hydrogens (tertiary/aromatic N) is 1. The van der Waals surface area contributed by atoms with E-state index in [0.29, 0.717) is 18.0 Å². The number of rotatable bonds is 1. The third kappa shape index (κ3) is 1.15. The molecule has 2 nitrogen and oxygen atoms in total. The van der Waals surface area contributed by atoms with Crippen molar-refractivity contribution in [3.63, 3.8) is 0 Å². The van der Waals surface area contributed by atoms with Crippen molar-refractivity contribution < 1.29 is 4.79 Å². The summed E-state index contributed by atoms with van der Waals surface area (Å²) in [6, 6.07) is 0.845. The molecule has 0 N–H and O–H groups in total. The lowest BCUT2D eigenvalue weighted by molar-refractivity contribution is -0.130. The molecule has 0 saturated carbocycles. The molecule has 1 aliphatic heterocycles. The summed E-state index contributed by atoms with van der Waals surface area (Å²) in [7, 11) is 0. The van der Waals surface area contributed by atoms with Crippen LogP contribution in [-0.4, -0.2) is 22.9 Å². The first-order valence-corrected chi connectivity index (χ1v) is 3.94. The normalized spacial score (nSPS) is 26.6. The van der Waals surface area contributed by atoms with Crippen molar-refractivity contribution in [2.45, 2.75) is 45.7 Å². The lowest BCUT2D eigenvalue weighted by atomic mass is 10.2. The zero-order valence-electron chi connectivity index (χ0n) is 6.92. The summed E-state index contributed by atoms with van der Waals surface area (Å²) in [6.45, 7) is 6.25. The minimum atomic E-state index is 0.322. The van der Waals surface area contributed by atoms with E-state index in [0.717, 1.165) is 12.8 Å². The smallest absolute Gasteiger partial charge is 0.223 e. The molecule has 0 spiro atoms. The molecule has 0 radical (unpaired) electrons. The molecule has 1 amide bonds. The van der Waals surface area contributed by atoms with Gasteiger partial charge in [-0.25, -0.2) is 0 Å². The Balaban J connectivity index is 2.63. The highest BCUT2D eigenvalue weighted by Crippen LogP contribution is 2.20. The predicted molar refractivity (Wildman–Crippen MR) is 40.7 cm³/mol. The highest BCUT2D eigenvalue weighted by atomic mass is 16.2. The van der Waals surface area contributed by atoms with Gasteiger partial charge >= 0.3 is 0 Å². The van der Waals surface area contributed by atoms with E-state index >= 15 is 0 Å². The molecule has 0 aliphatic carbocycles. The fourth-order valence-corrected chi connectivity index (χ4v) is 1.64. The van der Waals surface area contributed by atoms with Crippen molar-refractivity contribution >= 4 is 5.91 Å². The minimum Gasteiger partial charge on any atom is -0.338 e. The molecule has 1 aliphatic rings. The van der Waals surface area contributed by atoms with Gasteiger partial charge in [0.1, 0.15) is 0 Å². The summed E-state index contributed by atoms with van der Waals surface area (Å²) >= 11 is 0. The summed E-state index contributed by atoms with van der Waals surface area (Å²) in [4.78, 5) is 13.1. The van der Waals surface area contributed by atoms with Crippen LogP contribution in [0.4, 0.5) is 0 Å². The molecule has 1 rings (SSSR count). The maximum absolute atomic E-state index is 11.2. The largest absolute Gasteiger partial charge is 0.338 e. The summed E-state index contributed by atoms with van der Waals surface area (Å²) in [6.07, 6.45) is 1.79. The van der Waals surface area contributed by atoms with Gasteiger partial charge in [-0.2, -0.15) is 0 Å². The average molecular weight is 141 g/mol. The molecule has 1 fully saturated rings. The Morgan fingerprint density at radius 3 is 2.40 bits per heavy atom. The first-order chi connectivity index (χ1) is 4.63. The maximum Gasteiger partial charge on any atom is 0.223 e. The second kappa shape index (κ2) is 2.60. The van der Waals surface area contributed by atoms with Crippen LogP contribution in [0, 0.1) is 0 Å². The van der Waals surface area contributed by atoms with E-state index in [1.165, 1.54) is 0 Å². The van der Waals surface area contributed by atoms with Crippen molar-refractivity contribution in [2.75, 3.05) is 0 Å². The van der Waals surface area contributed by atoms with Gasteiger partial charge in [-0.15, -0.1) is 0 Å². The third-order valence-corrected chi connectivity index (χ3v) is 2.10. The Labute approximate surface area is 62.2 Å².